The molecule has 15 aromatic carbocycles. The summed E-state index contributed by atoms with van der Waals surface area (Å²) in [4.78, 5) is 5.52. The molecule has 0 N–H and O–H groups in total. The number of rotatable bonds is 8. The summed E-state index contributed by atoms with van der Waals surface area (Å²) >= 11 is 0. The molecule has 87 heavy (non-hydrogen) atoms. The molecule has 0 fully saturated rings. The summed E-state index contributed by atoms with van der Waals surface area (Å²) in [7, 11) is 0. The Hall–Kier alpha value is -11.0. The summed E-state index contributed by atoms with van der Waals surface area (Å²) in [6.07, 6.45) is 0. The maximum atomic E-state index is 5.52. The van der Waals surface area contributed by atoms with Crippen LogP contribution in [0, 0.1) is 0 Å². The summed E-state index contributed by atoms with van der Waals surface area (Å²) < 4.78 is 0. The fourth-order valence-electron chi connectivity index (χ4n) is 14.8. The van der Waals surface area contributed by atoms with Crippen LogP contribution in [0.25, 0.3) is 165 Å². The third kappa shape index (κ3) is 8.11. The van der Waals surface area contributed by atoms with Crippen LogP contribution in [-0.4, -0.2) is 4.98 Å². The maximum absolute atomic E-state index is 5.52. The standard InChI is InChI=1S/C86H57N/c1-86(2)76-38-22-21-37-73(76)85-84(86)82(83-66-32-16-15-23-55(66)45-48-77(83)87-85)60-41-39-54(40-42-60)63-49-64(61-43-46-71-74(52-61)80(58-28-11-5-12-29-58)69-35-19-17-33-67(69)78(71)56-24-7-3-8-25-56)51-65(50-63)62-44-47-72-75(53-62)81(59-30-13-6-14-31-59)70-36-20-18-34-68(70)79(72)57-26-9-4-10-27-57/h3-53H,1-2H3. The van der Waals surface area contributed by atoms with Gasteiger partial charge in [0.2, 0.25) is 0 Å². The predicted octanol–water partition coefficient (Wildman–Crippen LogP) is 23.6. The van der Waals surface area contributed by atoms with E-state index in [1.54, 1.807) is 0 Å². The highest BCUT2D eigenvalue weighted by atomic mass is 14.7. The van der Waals surface area contributed by atoms with Crippen LogP contribution in [0.1, 0.15) is 25.0 Å². The molecule has 0 spiro atoms. The van der Waals surface area contributed by atoms with Crippen molar-refractivity contribution in [2.24, 2.45) is 0 Å². The van der Waals surface area contributed by atoms with Crippen molar-refractivity contribution in [1.29, 1.82) is 0 Å². The second-order valence-electron chi connectivity index (χ2n) is 24.0. The average Bonchev–Trinajstić information content (AvgIpc) is 1.72. The van der Waals surface area contributed by atoms with Crippen LogP contribution in [-0.2, 0) is 5.41 Å². The molecule has 0 saturated heterocycles. The Morgan fingerprint density at radius 1 is 0.241 bits per heavy atom. The molecule has 0 atom stereocenters. The van der Waals surface area contributed by atoms with Crippen LogP contribution in [0.4, 0.5) is 0 Å². The number of hydrogen-bond donors (Lipinski definition) is 0. The van der Waals surface area contributed by atoms with Gasteiger partial charge in [-0.1, -0.05) is 287 Å². The lowest BCUT2D eigenvalue weighted by atomic mass is 9.78. The van der Waals surface area contributed by atoms with E-state index in [0.717, 1.165) is 44.6 Å². The first-order chi connectivity index (χ1) is 42.9. The Kier molecular flexibility index (Phi) is 11.7. The minimum Gasteiger partial charge on any atom is -0.247 e. The molecule has 0 unspecified atom stereocenters. The van der Waals surface area contributed by atoms with Crippen molar-refractivity contribution in [3.63, 3.8) is 0 Å². The van der Waals surface area contributed by atoms with Gasteiger partial charge in [0.1, 0.15) is 0 Å². The lowest BCUT2D eigenvalue weighted by molar-refractivity contribution is 0.662. The minimum atomic E-state index is -0.274. The molecule has 1 aliphatic carbocycles. The SMILES string of the molecule is CC1(C)c2ccccc2-c2nc3ccc4ccccc4c3c(-c3ccc(-c4cc(-c5ccc6c(-c7ccccc7)c7ccccc7c(-c7ccccc7)c6c5)cc(-c5ccc6c(-c7ccccc7)c7ccccc7c(-c7ccccc7)c6c5)c4)cc3)c21. The van der Waals surface area contributed by atoms with Gasteiger partial charge in [-0.2, -0.15) is 0 Å². The summed E-state index contributed by atoms with van der Waals surface area (Å²) in [5.74, 6) is 0. The first kappa shape index (κ1) is 50.5. The van der Waals surface area contributed by atoms with E-state index in [4.69, 9.17) is 4.98 Å². The Labute approximate surface area is 506 Å². The highest BCUT2D eigenvalue weighted by molar-refractivity contribution is 6.24. The van der Waals surface area contributed by atoms with Crippen molar-refractivity contribution < 1.29 is 0 Å². The molecule has 1 heteroatoms. The van der Waals surface area contributed by atoms with Gasteiger partial charge in [-0.05, 0) is 190 Å². The summed E-state index contributed by atoms with van der Waals surface area (Å²) in [5, 5.41) is 13.5. The molecule has 1 heterocycles. The number of pyridine rings is 1. The van der Waals surface area contributed by atoms with Gasteiger partial charge >= 0.3 is 0 Å². The fourth-order valence-corrected chi connectivity index (χ4v) is 14.8. The zero-order chi connectivity index (χ0) is 57.7. The van der Waals surface area contributed by atoms with E-state index in [1.165, 1.54) is 132 Å². The van der Waals surface area contributed by atoms with Gasteiger partial charge in [0.15, 0.2) is 0 Å². The quantitative estimate of drug-likeness (QED) is 0.109. The number of fused-ring (bicyclic) bond motifs is 10. The largest absolute Gasteiger partial charge is 0.247 e. The van der Waals surface area contributed by atoms with Crippen LogP contribution < -0.4 is 0 Å². The second-order valence-corrected chi connectivity index (χ2v) is 24.0. The van der Waals surface area contributed by atoms with E-state index in [9.17, 15) is 0 Å². The first-order valence-electron chi connectivity index (χ1n) is 30.3. The first-order valence-corrected chi connectivity index (χ1v) is 30.3. The van der Waals surface area contributed by atoms with E-state index in [2.05, 4.69) is 323 Å². The third-order valence-corrected chi connectivity index (χ3v) is 18.8. The zero-order valence-electron chi connectivity index (χ0n) is 48.4. The molecular weight excluding hydrogens is 1050 g/mol. The normalized spacial score (nSPS) is 12.6. The van der Waals surface area contributed by atoms with Gasteiger partial charge in [0.25, 0.3) is 0 Å². The molecule has 1 aliphatic rings. The fraction of sp³-hybridized carbons (Fsp3) is 0.0349. The molecule has 0 amide bonds. The van der Waals surface area contributed by atoms with Crippen LogP contribution in [0.3, 0.4) is 0 Å². The number of hydrogen-bond acceptors (Lipinski definition) is 1. The summed E-state index contributed by atoms with van der Waals surface area (Å²) in [6, 6.07) is 115. The predicted molar refractivity (Wildman–Crippen MR) is 370 cm³/mol. The Morgan fingerprint density at radius 2 is 0.598 bits per heavy atom. The van der Waals surface area contributed by atoms with Gasteiger partial charge in [-0.3, -0.25) is 0 Å². The monoisotopic (exact) mass is 1100 g/mol. The van der Waals surface area contributed by atoms with E-state index < -0.39 is 0 Å². The molecule has 17 rings (SSSR count). The van der Waals surface area contributed by atoms with Crippen molar-refractivity contribution in [2.75, 3.05) is 0 Å². The molecule has 0 aliphatic heterocycles. The van der Waals surface area contributed by atoms with E-state index in [-0.39, 0.29) is 5.41 Å². The molecule has 0 bridgehead atoms. The van der Waals surface area contributed by atoms with Gasteiger partial charge < -0.3 is 0 Å². The smallest absolute Gasteiger partial charge is 0.0759 e. The highest BCUT2D eigenvalue weighted by Gasteiger charge is 2.40. The van der Waals surface area contributed by atoms with Crippen molar-refractivity contribution in [1.82, 2.24) is 4.98 Å². The van der Waals surface area contributed by atoms with E-state index in [1.807, 2.05) is 0 Å². The topological polar surface area (TPSA) is 12.9 Å². The number of benzene rings is 15. The van der Waals surface area contributed by atoms with Crippen molar-refractivity contribution in [3.05, 3.63) is 321 Å². The summed E-state index contributed by atoms with van der Waals surface area (Å²) in [5.41, 5.74) is 24.8. The van der Waals surface area contributed by atoms with Gasteiger partial charge in [0, 0.05) is 16.4 Å². The van der Waals surface area contributed by atoms with E-state index in [0.29, 0.717) is 0 Å². The van der Waals surface area contributed by atoms with Crippen molar-refractivity contribution >= 4 is 64.8 Å². The van der Waals surface area contributed by atoms with Crippen LogP contribution in [0.15, 0.2) is 309 Å². The number of aromatic nitrogens is 1. The molecule has 1 aromatic heterocycles. The average molecular weight is 1100 g/mol. The van der Waals surface area contributed by atoms with Crippen LogP contribution in [0.2, 0.25) is 0 Å². The van der Waals surface area contributed by atoms with Gasteiger partial charge in [-0.25, -0.2) is 4.98 Å². The van der Waals surface area contributed by atoms with Gasteiger partial charge in [0.05, 0.1) is 11.2 Å². The van der Waals surface area contributed by atoms with E-state index >= 15 is 0 Å². The highest BCUT2D eigenvalue weighted by Crippen LogP contribution is 2.55. The van der Waals surface area contributed by atoms with Crippen LogP contribution >= 0.6 is 0 Å². The molecule has 1 nitrogen and oxygen atoms in total. The Morgan fingerprint density at radius 3 is 1.08 bits per heavy atom. The molecule has 16 aromatic rings. The molecular formula is C86H57N. The van der Waals surface area contributed by atoms with Crippen molar-refractivity contribution in [3.8, 4) is 100 Å². The Balaban J connectivity index is 0.918. The maximum Gasteiger partial charge on any atom is 0.0759 e. The lowest BCUT2D eigenvalue weighted by Gasteiger charge is -2.25. The molecule has 406 valence electrons. The number of nitrogens with zero attached hydrogens (tertiary/aromatic N) is 1. The second kappa shape index (κ2) is 20.1. The molecule has 0 saturated carbocycles. The summed E-state index contributed by atoms with van der Waals surface area (Å²) in [6.45, 7) is 4.75. The van der Waals surface area contributed by atoms with Crippen LogP contribution in [0.5, 0.6) is 0 Å². The minimum absolute atomic E-state index is 0.274. The molecule has 0 radical (unpaired) electrons. The third-order valence-electron chi connectivity index (χ3n) is 18.8. The Bertz CT molecular complexity index is 5210. The van der Waals surface area contributed by atoms with Gasteiger partial charge in [-0.15, -0.1) is 0 Å². The van der Waals surface area contributed by atoms with Crippen molar-refractivity contribution in [2.45, 2.75) is 19.3 Å². The lowest BCUT2D eigenvalue weighted by Crippen LogP contribution is -2.16. The zero-order valence-corrected chi connectivity index (χ0v) is 48.4.